The SMILES string of the molecule is CCC(OC(=O)NN)(OC(=O)NN)c1ccc([N+](=O)[O-])c(-c2cc(Cl)ccc2CC(C)O)c1. The van der Waals surface area contributed by atoms with Crippen LogP contribution in [-0.2, 0) is 21.7 Å². The number of carbonyl (C=O) groups is 2. The molecular weight excluding hydrogens is 458 g/mol. The van der Waals surface area contributed by atoms with Crippen LogP contribution >= 0.6 is 11.6 Å². The van der Waals surface area contributed by atoms with Crippen LogP contribution < -0.4 is 22.5 Å². The minimum atomic E-state index is -2.03. The summed E-state index contributed by atoms with van der Waals surface area (Å²) < 4.78 is 10.5. The predicted octanol–water partition coefficient (Wildman–Crippen LogP) is 2.60. The van der Waals surface area contributed by atoms with Crippen LogP contribution in [0.1, 0.15) is 31.4 Å². The highest BCUT2D eigenvalue weighted by atomic mass is 35.5. The van der Waals surface area contributed by atoms with Crippen molar-refractivity contribution < 1.29 is 29.1 Å². The molecule has 33 heavy (non-hydrogen) atoms. The Labute approximate surface area is 193 Å². The Kier molecular flexibility index (Phi) is 8.54. The van der Waals surface area contributed by atoms with Crippen molar-refractivity contribution in [2.45, 2.75) is 38.6 Å². The molecule has 2 aromatic rings. The summed E-state index contributed by atoms with van der Waals surface area (Å²) in [5.41, 5.74) is 4.39. The second-order valence-electron chi connectivity index (χ2n) is 7.02. The molecule has 0 aliphatic rings. The Morgan fingerprint density at radius 2 is 1.76 bits per heavy atom. The van der Waals surface area contributed by atoms with Gasteiger partial charge in [-0.3, -0.25) is 21.0 Å². The third-order valence-corrected chi connectivity index (χ3v) is 4.96. The van der Waals surface area contributed by atoms with Gasteiger partial charge in [-0.1, -0.05) is 24.6 Å². The van der Waals surface area contributed by atoms with Gasteiger partial charge in [0.15, 0.2) is 0 Å². The second kappa shape index (κ2) is 10.9. The molecule has 1 unspecified atom stereocenters. The fraction of sp³-hybridized carbons (Fsp3) is 0.300. The van der Waals surface area contributed by atoms with Crippen LogP contribution in [0.5, 0.6) is 0 Å². The Balaban J connectivity index is 2.81. The van der Waals surface area contributed by atoms with Crippen molar-refractivity contribution in [1.82, 2.24) is 10.9 Å². The van der Waals surface area contributed by atoms with Gasteiger partial charge in [0.05, 0.1) is 16.6 Å². The van der Waals surface area contributed by atoms with Crippen molar-refractivity contribution in [2.24, 2.45) is 11.7 Å². The molecule has 0 spiro atoms. The average Bonchev–Trinajstić information content (AvgIpc) is 2.78. The fourth-order valence-corrected chi connectivity index (χ4v) is 3.46. The number of nitro benzene ring substituents is 1. The Morgan fingerprint density at radius 3 is 2.24 bits per heavy atom. The number of carbonyl (C=O) groups excluding carboxylic acids is 2. The monoisotopic (exact) mass is 481 g/mol. The maximum Gasteiger partial charge on any atom is 0.424 e. The highest BCUT2D eigenvalue weighted by Gasteiger charge is 2.40. The zero-order chi connectivity index (χ0) is 24.8. The number of nitrogens with one attached hydrogen (secondary N) is 2. The average molecular weight is 482 g/mol. The van der Waals surface area contributed by atoms with Gasteiger partial charge in [-0.25, -0.2) is 21.3 Å². The second-order valence-corrected chi connectivity index (χ2v) is 7.45. The number of hydrogen-bond acceptors (Lipinski definition) is 9. The molecule has 0 saturated heterocycles. The Bertz CT molecular complexity index is 1030. The number of nitrogens with zero attached hydrogens (tertiary/aromatic N) is 1. The van der Waals surface area contributed by atoms with Crippen LogP contribution in [0.3, 0.4) is 0 Å². The molecule has 7 N–H and O–H groups in total. The number of benzene rings is 2. The molecule has 0 fully saturated rings. The van der Waals surface area contributed by atoms with Gasteiger partial charge in [-0.2, -0.15) is 0 Å². The lowest BCUT2D eigenvalue weighted by molar-refractivity contribution is -0.384. The standard InChI is InChI=1S/C20H24ClN5O7/c1-3-20(32-18(28)24-22,33-19(29)25-23)13-5-7-17(26(30)31)16(9-13)15-10-14(21)6-4-12(15)8-11(2)27/h4-7,9-11,27H,3,8,22-23H2,1-2H3,(H,24,28)(H,25,29). The highest BCUT2D eigenvalue weighted by Crippen LogP contribution is 2.40. The molecule has 0 bridgehead atoms. The summed E-state index contributed by atoms with van der Waals surface area (Å²) in [6, 6.07) is 8.54. The highest BCUT2D eigenvalue weighted by molar-refractivity contribution is 6.30. The summed E-state index contributed by atoms with van der Waals surface area (Å²) in [7, 11) is 0. The van der Waals surface area contributed by atoms with Crippen molar-refractivity contribution in [1.29, 1.82) is 0 Å². The summed E-state index contributed by atoms with van der Waals surface area (Å²) in [4.78, 5) is 35.0. The van der Waals surface area contributed by atoms with Gasteiger partial charge in [0.2, 0.25) is 0 Å². The van der Waals surface area contributed by atoms with Crippen LogP contribution in [0.15, 0.2) is 36.4 Å². The van der Waals surface area contributed by atoms with E-state index in [1.807, 2.05) is 0 Å². The number of aliphatic hydroxyl groups excluding tert-OH is 1. The lowest BCUT2D eigenvalue weighted by Gasteiger charge is -2.32. The molecule has 0 radical (unpaired) electrons. The van der Waals surface area contributed by atoms with E-state index in [0.717, 1.165) is 0 Å². The first-order valence-electron chi connectivity index (χ1n) is 9.71. The molecule has 12 nitrogen and oxygen atoms in total. The maximum atomic E-state index is 11.9. The fourth-order valence-electron chi connectivity index (χ4n) is 3.29. The van der Waals surface area contributed by atoms with Crippen LogP contribution in [0.2, 0.25) is 5.02 Å². The first kappa shape index (κ1) is 25.8. The van der Waals surface area contributed by atoms with Gasteiger partial charge in [-0.15, -0.1) is 0 Å². The van der Waals surface area contributed by atoms with Gasteiger partial charge in [0, 0.05) is 23.1 Å². The number of amides is 2. The molecule has 1 atom stereocenters. The maximum absolute atomic E-state index is 11.9. The van der Waals surface area contributed by atoms with Gasteiger partial charge in [0.25, 0.3) is 11.5 Å². The summed E-state index contributed by atoms with van der Waals surface area (Å²) in [6.45, 7) is 3.12. The Hall–Kier alpha value is -3.45. The van der Waals surface area contributed by atoms with Gasteiger partial charge >= 0.3 is 12.2 Å². The largest absolute Gasteiger partial charge is 0.424 e. The quantitative estimate of drug-likeness (QED) is 0.124. The minimum absolute atomic E-state index is 0.0840. The molecule has 2 rings (SSSR count). The molecule has 0 saturated carbocycles. The molecule has 0 aliphatic carbocycles. The van der Waals surface area contributed by atoms with E-state index in [4.69, 9.17) is 32.8 Å². The lowest BCUT2D eigenvalue weighted by atomic mass is 9.91. The van der Waals surface area contributed by atoms with Crippen molar-refractivity contribution in [3.8, 4) is 11.1 Å². The molecule has 2 aromatic carbocycles. The van der Waals surface area contributed by atoms with E-state index in [0.29, 0.717) is 16.1 Å². The van der Waals surface area contributed by atoms with Crippen LogP contribution in [0, 0.1) is 10.1 Å². The van der Waals surface area contributed by atoms with Gasteiger partial charge in [-0.05, 0) is 48.7 Å². The molecular formula is C20H24ClN5O7. The van der Waals surface area contributed by atoms with E-state index in [1.165, 1.54) is 24.3 Å². The molecule has 2 amide bonds. The lowest BCUT2D eigenvalue weighted by Crippen LogP contribution is -2.45. The molecule has 0 aliphatic heterocycles. The normalized spacial score (nSPS) is 11.9. The Morgan fingerprint density at radius 1 is 1.15 bits per heavy atom. The van der Waals surface area contributed by atoms with E-state index in [2.05, 4.69) is 0 Å². The first-order valence-corrected chi connectivity index (χ1v) is 10.1. The van der Waals surface area contributed by atoms with Gasteiger partial charge < -0.3 is 14.6 Å². The zero-order valence-corrected chi connectivity index (χ0v) is 18.6. The number of hydrogen-bond donors (Lipinski definition) is 5. The molecule has 0 aromatic heterocycles. The first-order chi connectivity index (χ1) is 15.6. The van der Waals surface area contributed by atoms with Crippen LogP contribution in [0.25, 0.3) is 11.1 Å². The van der Waals surface area contributed by atoms with E-state index >= 15 is 0 Å². The smallest absolute Gasteiger partial charge is 0.401 e. The third kappa shape index (κ3) is 6.08. The summed E-state index contributed by atoms with van der Waals surface area (Å²) in [6.07, 6.45) is -2.90. The number of ether oxygens (including phenoxy) is 2. The number of halogens is 1. The number of rotatable bonds is 8. The van der Waals surface area contributed by atoms with E-state index in [1.54, 1.807) is 36.8 Å². The topological polar surface area (TPSA) is 192 Å². The third-order valence-electron chi connectivity index (χ3n) is 4.73. The number of nitro groups is 1. The number of hydrazine groups is 2. The molecule has 0 heterocycles. The van der Waals surface area contributed by atoms with Crippen molar-refractivity contribution in [2.75, 3.05) is 0 Å². The van der Waals surface area contributed by atoms with Crippen LogP contribution in [0.4, 0.5) is 15.3 Å². The summed E-state index contributed by atoms with van der Waals surface area (Å²) in [5, 5.41) is 22.0. The van der Waals surface area contributed by atoms with E-state index in [9.17, 15) is 24.8 Å². The summed E-state index contributed by atoms with van der Waals surface area (Å²) >= 11 is 6.15. The minimum Gasteiger partial charge on any atom is -0.401 e. The molecule has 13 heteroatoms. The predicted molar refractivity (Wildman–Crippen MR) is 119 cm³/mol. The number of aliphatic hydroxyl groups is 1. The van der Waals surface area contributed by atoms with Crippen molar-refractivity contribution in [3.05, 3.63) is 62.7 Å². The number of nitrogens with two attached hydrogens (primary N) is 2. The summed E-state index contributed by atoms with van der Waals surface area (Å²) in [5.74, 6) is 8.19. The van der Waals surface area contributed by atoms with E-state index in [-0.39, 0.29) is 29.7 Å². The van der Waals surface area contributed by atoms with Crippen molar-refractivity contribution in [3.63, 3.8) is 0 Å². The van der Waals surface area contributed by atoms with Crippen LogP contribution in [-0.4, -0.2) is 28.3 Å². The van der Waals surface area contributed by atoms with Crippen molar-refractivity contribution >= 4 is 29.5 Å². The van der Waals surface area contributed by atoms with E-state index < -0.39 is 29.0 Å². The zero-order valence-electron chi connectivity index (χ0n) is 17.8. The van der Waals surface area contributed by atoms with Gasteiger partial charge in [0.1, 0.15) is 0 Å². The molecule has 178 valence electrons.